The Bertz CT molecular complexity index is 525. The monoisotopic (exact) mass is 285 g/mol. The Morgan fingerprint density at radius 1 is 1.32 bits per heavy atom. The van der Waals surface area contributed by atoms with Crippen LogP contribution in [0.3, 0.4) is 0 Å². The van der Waals surface area contributed by atoms with Gasteiger partial charge < -0.3 is 19.1 Å². The molecule has 0 aliphatic carbocycles. The minimum Gasteiger partial charge on any atom is -0.395 e. The van der Waals surface area contributed by atoms with Crippen LogP contribution in [0, 0.1) is 0 Å². The molecule has 6 nitrogen and oxygen atoms in total. The van der Waals surface area contributed by atoms with Gasteiger partial charge in [-0.2, -0.15) is 0 Å². The predicted octanol–water partition coefficient (Wildman–Crippen LogP) is 1.62. The molecule has 1 atom stereocenters. The highest BCUT2D eigenvalue weighted by Crippen LogP contribution is 2.63. The zero-order chi connectivity index (χ0) is 14.0. The third kappa shape index (κ3) is 2.21. The first-order valence-corrected chi connectivity index (χ1v) is 7.42. The number of benzene rings is 1. The van der Waals surface area contributed by atoms with Gasteiger partial charge >= 0.3 is 7.60 Å². The van der Waals surface area contributed by atoms with E-state index >= 15 is 0 Å². The van der Waals surface area contributed by atoms with Crippen molar-refractivity contribution in [2.45, 2.75) is 5.78 Å². The molecule has 0 radical (unpaired) electrons. The molecule has 7 heteroatoms. The summed E-state index contributed by atoms with van der Waals surface area (Å²) in [5.41, 5.74) is 1.07. The van der Waals surface area contributed by atoms with Crippen molar-refractivity contribution in [3.8, 4) is 0 Å². The summed E-state index contributed by atoms with van der Waals surface area (Å²) in [5, 5.41) is 9.09. The maximum Gasteiger partial charge on any atom is 0.357 e. The van der Waals surface area contributed by atoms with Crippen LogP contribution in [-0.2, 0) is 13.6 Å². The number of rotatable bonds is 5. The predicted molar refractivity (Wildman–Crippen MR) is 68.9 cm³/mol. The fraction of sp³-hybridized carbons (Fsp3) is 0.417. The quantitative estimate of drug-likeness (QED) is 0.832. The highest BCUT2D eigenvalue weighted by atomic mass is 31.2. The average Bonchev–Trinajstić information content (AvgIpc) is 2.73. The van der Waals surface area contributed by atoms with Gasteiger partial charge in [0.25, 0.3) is 5.91 Å². The van der Waals surface area contributed by atoms with Gasteiger partial charge in [0.15, 0.2) is 5.78 Å². The summed E-state index contributed by atoms with van der Waals surface area (Å²) in [6.07, 6.45) is 0. The Kier molecular flexibility index (Phi) is 4.06. The van der Waals surface area contributed by atoms with Gasteiger partial charge in [0.1, 0.15) is 0 Å². The van der Waals surface area contributed by atoms with Crippen LogP contribution in [0.25, 0.3) is 0 Å². The normalized spacial score (nSPS) is 18.8. The molecule has 1 aromatic carbocycles. The minimum absolute atomic E-state index is 0.0783. The standard InChI is InChI=1S/C12H16NO5P/c1-17-19(16,18-2)12-10-6-4-3-5-9(10)11(15)13(12)7-8-14/h3-6,12,14H,7-8H2,1-2H3/t12-/m1/s1. The Hall–Kier alpha value is -1.20. The molecule has 1 heterocycles. The summed E-state index contributed by atoms with van der Waals surface area (Å²) in [4.78, 5) is 13.6. The second kappa shape index (κ2) is 5.43. The van der Waals surface area contributed by atoms with Gasteiger partial charge in [-0.15, -0.1) is 0 Å². The Balaban J connectivity index is 2.55. The minimum atomic E-state index is -3.49. The van der Waals surface area contributed by atoms with E-state index in [1.165, 1.54) is 19.1 Å². The van der Waals surface area contributed by atoms with E-state index in [-0.39, 0.29) is 19.1 Å². The van der Waals surface area contributed by atoms with Crippen molar-refractivity contribution >= 4 is 13.5 Å². The molecule has 1 aliphatic rings. The molecule has 0 spiro atoms. The third-order valence-electron chi connectivity index (χ3n) is 3.17. The number of aliphatic hydroxyl groups excluding tert-OH is 1. The zero-order valence-corrected chi connectivity index (χ0v) is 11.7. The molecule has 1 N–H and O–H groups in total. The lowest BCUT2D eigenvalue weighted by atomic mass is 10.1. The first-order chi connectivity index (χ1) is 9.09. The molecule has 0 bridgehead atoms. The Morgan fingerprint density at radius 3 is 2.53 bits per heavy atom. The summed E-state index contributed by atoms with van der Waals surface area (Å²) in [6.45, 7) is -0.140. The number of hydrogen-bond acceptors (Lipinski definition) is 5. The zero-order valence-electron chi connectivity index (χ0n) is 10.8. The molecular formula is C12H16NO5P. The highest BCUT2D eigenvalue weighted by molar-refractivity contribution is 7.54. The van der Waals surface area contributed by atoms with Crippen molar-refractivity contribution in [1.29, 1.82) is 0 Å². The van der Waals surface area contributed by atoms with Crippen LogP contribution in [0.2, 0.25) is 0 Å². The first-order valence-electron chi connectivity index (χ1n) is 5.81. The molecule has 0 unspecified atom stereocenters. The van der Waals surface area contributed by atoms with Crippen LogP contribution in [0.1, 0.15) is 21.7 Å². The van der Waals surface area contributed by atoms with Gasteiger partial charge in [0, 0.05) is 26.3 Å². The number of aliphatic hydroxyl groups is 1. The molecule has 104 valence electrons. The van der Waals surface area contributed by atoms with E-state index in [1.807, 2.05) is 0 Å². The molecule has 0 saturated carbocycles. The lowest BCUT2D eigenvalue weighted by Gasteiger charge is -2.29. The summed E-state index contributed by atoms with van der Waals surface area (Å²) in [7, 11) is -0.921. The van der Waals surface area contributed by atoms with Crippen LogP contribution in [0.4, 0.5) is 0 Å². The van der Waals surface area contributed by atoms with Crippen molar-refractivity contribution in [3.63, 3.8) is 0 Å². The van der Waals surface area contributed by atoms with Gasteiger partial charge in [0.2, 0.25) is 0 Å². The Labute approximate surface area is 111 Å². The van der Waals surface area contributed by atoms with Crippen molar-refractivity contribution in [1.82, 2.24) is 4.90 Å². The van der Waals surface area contributed by atoms with Crippen LogP contribution < -0.4 is 0 Å². The number of carbonyl (C=O) groups is 1. The molecule has 1 aliphatic heterocycles. The van der Waals surface area contributed by atoms with Crippen LogP contribution in [0.15, 0.2) is 24.3 Å². The van der Waals surface area contributed by atoms with Gasteiger partial charge in [-0.3, -0.25) is 9.36 Å². The van der Waals surface area contributed by atoms with Crippen molar-refractivity contribution < 1.29 is 23.5 Å². The molecular weight excluding hydrogens is 269 g/mol. The fourth-order valence-corrected chi connectivity index (χ4v) is 3.97. The summed E-state index contributed by atoms with van der Waals surface area (Å²) >= 11 is 0. The molecule has 0 saturated heterocycles. The van der Waals surface area contributed by atoms with E-state index in [1.54, 1.807) is 24.3 Å². The van der Waals surface area contributed by atoms with Gasteiger partial charge in [0.05, 0.1) is 6.61 Å². The summed E-state index contributed by atoms with van der Waals surface area (Å²) in [6, 6.07) is 6.88. The molecule has 0 fully saturated rings. The number of nitrogens with zero attached hydrogens (tertiary/aromatic N) is 1. The summed E-state index contributed by atoms with van der Waals surface area (Å²) < 4.78 is 22.6. The highest BCUT2D eigenvalue weighted by Gasteiger charge is 2.48. The second-order valence-corrected chi connectivity index (χ2v) is 6.39. The topological polar surface area (TPSA) is 76.1 Å². The third-order valence-corrected chi connectivity index (χ3v) is 5.35. The van der Waals surface area contributed by atoms with Crippen molar-refractivity contribution in [3.05, 3.63) is 35.4 Å². The van der Waals surface area contributed by atoms with E-state index < -0.39 is 13.4 Å². The molecule has 1 aromatic rings. The maximum absolute atomic E-state index is 12.6. The van der Waals surface area contributed by atoms with E-state index in [0.29, 0.717) is 11.1 Å². The maximum atomic E-state index is 12.6. The number of β-amino-alcohol motifs (C(OH)–C–C–N with tert-alkyl or cyclic N) is 1. The van der Waals surface area contributed by atoms with Gasteiger partial charge in [-0.05, 0) is 11.6 Å². The summed E-state index contributed by atoms with van der Waals surface area (Å²) in [5.74, 6) is -1.08. The van der Waals surface area contributed by atoms with Gasteiger partial charge in [-0.25, -0.2) is 0 Å². The van der Waals surface area contributed by atoms with E-state index in [9.17, 15) is 9.36 Å². The van der Waals surface area contributed by atoms with Crippen molar-refractivity contribution in [2.75, 3.05) is 27.4 Å². The molecule has 0 aromatic heterocycles. The molecule has 19 heavy (non-hydrogen) atoms. The average molecular weight is 285 g/mol. The van der Waals surface area contributed by atoms with Crippen molar-refractivity contribution in [2.24, 2.45) is 0 Å². The second-order valence-electron chi connectivity index (χ2n) is 4.09. The first kappa shape index (κ1) is 14.2. The largest absolute Gasteiger partial charge is 0.395 e. The van der Waals surface area contributed by atoms with E-state index in [0.717, 1.165) is 0 Å². The molecule has 2 rings (SSSR count). The lowest BCUT2D eigenvalue weighted by molar-refractivity contribution is 0.0709. The van der Waals surface area contributed by atoms with Gasteiger partial charge in [-0.1, -0.05) is 18.2 Å². The van der Waals surface area contributed by atoms with E-state index in [4.69, 9.17) is 14.2 Å². The SMILES string of the molecule is COP(=O)(OC)[C@@H]1c2ccccc2C(=O)N1CCO. The smallest absolute Gasteiger partial charge is 0.357 e. The van der Waals surface area contributed by atoms with Crippen LogP contribution in [0.5, 0.6) is 0 Å². The number of amides is 1. The fourth-order valence-electron chi connectivity index (χ4n) is 2.30. The number of carbonyl (C=O) groups excluding carboxylic acids is 1. The lowest BCUT2D eigenvalue weighted by Crippen LogP contribution is -2.31. The van der Waals surface area contributed by atoms with E-state index in [2.05, 4.69) is 0 Å². The van der Waals surface area contributed by atoms with Crippen LogP contribution in [-0.4, -0.2) is 43.3 Å². The Morgan fingerprint density at radius 2 is 1.95 bits per heavy atom. The molecule has 1 amide bonds. The number of fused-ring (bicyclic) bond motifs is 1. The number of hydrogen-bond donors (Lipinski definition) is 1. The van der Waals surface area contributed by atoms with Crippen LogP contribution >= 0.6 is 7.60 Å².